The highest BCUT2D eigenvalue weighted by molar-refractivity contribution is 8.18. The van der Waals surface area contributed by atoms with E-state index in [0.29, 0.717) is 34.0 Å². The average Bonchev–Trinajstić information content (AvgIpc) is 3.79. The van der Waals surface area contributed by atoms with E-state index in [9.17, 15) is 9.59 Å². The van der Waals surface area contributed by atoms with Crippen molar-refractivity contribution in [2.45, 2.75) is 83.1 Å². The molecule has 0 radical (unpaired) electrons. The molecule has 10 heteroatoms. The number of amides is 2. The van der Waals surface area contributed by atoms with E-state index in [2.05, 4.69) is 63.7 Å². The molecule has 5 atom stereocenters. The van der Waals surface area contributed by atoms with Crippen LogP contribution in [0.2, 0.25) is 10.0 Å². The Morgan fingerprint density at radius 3 is 2.24 bits per heavy atom. The van der Waals surface area contributed by atoms with Crippen LogP contribution in [0.1, 0.15) is 70.5 Å². The van der Waals surface area contributed by atoms with Crippen LogP contribution in [0.4, 0.5) is 0 Å². The second kappa shape index (κ2) is 12.6. The fourth-order valence-electron chi connectivity index (χ4n) is 7.59. The molecule has 2 amide bonds. The number of thioether (sulfide) groups is 1. The van der Waals surface area contributed by atoms with Crippen LogP contribution in [0.3, 0.4) is 0 Å². The summed E-state index contributed by atoms with van der Waals surface area (Å²) in [7, 11) is 4.14. The minimum atomic E-state index is -0.633. The minimum absolute atomic E-state index is 0.0315. The summed E-state index contributed by atoms with van der Waals surface area (Å²) in [6.07, 6.45) is 3.32. The number of hydrogen-bond acceptors (Lipinski definition) is 6. The Labute approximate surface area is 281 Å². The Morgan fingerprint density at radius 2 is 1.67 bits per heavy atom. The summed E-state index contributed by atoms with van der Waals surface area (Å²) in [5, 5.41) is 2.15. The molecule has 0 bridgehead atoms. The van der Waals surface area contributed by atoms with Gasteiger partial charge in [0, 0.05) is 40.9 Å². The van der Waals surface area contributed by atoms with E-state index in [4.69, 9.17) is 28.2 Å². The molecular weight excluding hydrogens is 625 g/mol. The first-order valence-corrected chi connectivity index (χ1v) is 17.6. The summed E-state index contributed by atoms with van der Waals surface area (Å²) in [4.78, 5) is 43.2. The van der Waals surface area contributed by atoms with Gasteiger partial charge in [-0.3, -0.25) is 9.59 Å². The molecule has 0 aliphatic carbocycles. The van der Waals surface area contributed by atoms with E-state index in [1.807, 2.05) is 46.2 Å². The predicted molar refractivity (Wildman–Crippen MR) is 184 cm³/mol. The lowest BCUT2D eigenvalue weighted by Gasteiger charge is -2.37. The highest BCUT2D eigenvalue weighted by Gasteiger charge is 2.54. The standard InChI is InChI=1S/C35H43Cl2N5O2S/c1-7-26-16-17-28(32(43)40-19-18-27(20-40)39(5)6)41(26)33(44)30-29(21(2)3)42-31(22-8-12-24(36)13-9-22)35(4,38-34(42)45-30)23-10-14-25(37)15-11-23/h8-15,21,26-28,31H,7,16-20H2,1-6H3/t26-,27+,28+,31-,35+/m1/s1. The zero-order valence-corrected chi connectivity index (χ0v) is 29.3. The highest BCUT2D eigenvalue weighted by atomic mass is 35.5. The van der Waals surface area contributed by atoms with Gasteiger partial charge < -0.3 is 19.6 Å². The third kappa shape index (κ3) is 5.70. The van der Waals surface area contributed by atoms with E-state index in [0.717, 1.165) is 47.8 Å². The second-order valence-electron chi connectivity index (χ2n) is 13.4. The van der Waals surface area contributed by atoms with Gasteiger partial charge in [-0.25, -0.2) is 4.99 Å². The Balaban J connectivity index is 1.39. The maximum absolute atomic E-state index is 14.8. The quantitative estimate of drug-likeness (QED) is 0.313. The van der Waals surface area contributed by atoms with Crippen molar-refractivity contribution >= 4 is 51.9 Å². The number of carbonyl (C=O) groups is 2. The van der Waals surface area contributed by atoms with Crippen molar-refractivity contribution < 1.29 is 9.59 Å². The summed E-state index contributed by atoms with van der Waals surface area (Å²) in [5.41, 5.74) is 2.44. The second-order valence-corrected chi connectivity index (χ2v) is 15.3. The first-order chi connectivity index (χ1) is 21.4. The fourth-order valence-corrected chi connectivity index (χ4v) is 9.19. The van der Waals surface area contributed by atoms with Crippen LogP contribution in [0.25, 0.3) is 0 Å². The van der Waals surface area contributed by atoms with Crippen LogP contribution in [-0.4, -0.2) is 81.9 Å². The largest absolute Gasteiger partial charge is 0.339 e. The summed E-state index contributed by atoms with van der Waals surface area (Å²) in [6, 6.07) is 15.6. The smallest absolute Gasteiger partial charge is 0.263 e. The zero-order chi connectivity index (χ0) is 32.2. The Hall–Kier alpha value is -2.52. The van der Waals surface area contributed by atoms with Gasteiger partial charge in [-0.1, -0.05) is 68.2 Å². The molecule has 7 nitrogen and oxygen atoms in total. The van der Waals surface area contributed by atoms with Crippen LogP contribution < -0.4 is 0 Å². The molecule has 45 heavy (non-hydrogen) atoms. The van der Waals surface area contributed by atoms with Crippen molar-refractivity contribution in [2.24, 2.45) is 10.9 Å². The molecule has 4 heterocycles. The van der Waals surface area contributed by atoms with Gasteiger partial charge in [0.15, 0.2) is 5.17 Å². The van der Waals surface area contributed by atoms with Gasteiger partial charge in [-0.15, -0.1) is 0 Å². The number of allylic oxidation sites excluding steroid dienone is 1. The SMILES string of the molecule is CC[C@@H]1CC[C@@H](C(=O)N2CC[C@H](N(C)C)C2)N1C(=O)C1=C(C(C)C)N2C(=N[C@@](C)(c3ccc(Cl)cc3)[C@H]2c2ccc(Cl)cc2)S1. The number of nitrogens with zero attached hydrogens (tertiary/aromatic N) is 5. The maximum Gasteiger partial charge on any atom is 0.263 e. The Kier molecular flexibility index (Phi) is 9.07. The van der Waals surface area contributed by atoms with Crippen molar-refractivity contribution in [3.8, 4) is 0 Å². The molecule has 2 aromatic rings. The van der Waals surface area contributed by atoms with Gasteiger partial charge in [-0.2, -0.15) is 0 Å². The monoisotopic (exact) mass is 667 g/mol. The first kappa shape index (κ1) is 32.4. The van der Waals surface area contributed by atoms with Crippen molar-refractivity contribution in [3.05, 3.63) is 80.3 Å². The number of amidine groups is 1. The van der Waals surface area contributed by atoms with Crippen LogP contribution in [-0.2, 0) is 15.1 Å². The van der Waals surface area contributed by atoms with Crippen LogP contribution >= 0.6 is 35.0 Å². The molecule has 0 aromatic heterocycles. The highest BCUT2D eigenvalue weighted by Crippen LogP contribution is 2.56. The van der Waals surface area contributed by atoms with E-state index in [1.54, 1.807) is 0 Å². The van der Waals surface area contributed by atoms with Gasteiger partial charge in [0.1, 0.15) is 16.5 Å². The molecular formula is C35H43Cl2N5O2S. The van der Waals surface area contributed by atoms with E-state index in [1.165, 1.54) is 11.8 Å². The zero-order valence-electron chi connectivity index (χ0n) is 27.0. The van der Waals surface area contributed by atoms with Crippen LogP contribution in [0.15, 0.2) is 64.1 Å². The normalized spacial score (nSPS) is 28.1. The van der Waals surface area contributed by atoms with E-state index in [-0.39, 0.29) is 29.8 Å². The third-order valence-electron chi connectivity index (χ3n) is 10.1. The lowest BCUT2D eigenvalue weighted by Crippen LogP contribution is -2.50. The number of fused-ring (bicyclic) bond motifs is 1. The average molecular weight is 669 g/mol. The lowest BCUT2D eigenvalue weighted by molar-refractivity contribution is -0.142. The number of rotatable bonds is 7. The lowest BCUT2D eigenvalue weighted by atomic mass is 9.81. The number of hydrogen-bond donors (Lipinski definition) is 0. The topological polar surface area (TPSA) is 59.5 Å². The third-order valence-corrected chi connectivity index (χ3v) is 11.6. The van der Waals surface area contributed by atoms with Crippen molar-refractivity contribution in [1.29, 1.82) is 0 Å². The summed E-state index contributed by atoms with van der Waals surface area (Å²) >= 11 is 14.1. The van der Waals surface area contributed by atoms with Gasteiger partial charge >= 0.3 is 0 Å². The number of carbonyl (C=O) groups excluding carboxylic acids is 2. The van der Waals surface area contributed by atoms with Crippen LogP contribution in [0.5, 0.6) is 0 Å². The molecule has 4 aliphatic heterocycles. The molecule has 0 spiro atoms. The fraction of sp³-hybridized carbons (Fsp3) is 0.514. The maximum atomic E-state index is 14.8. The molecule has 0 unspecified atom stereocenters. The van der Waals surface area contributed by atoms with Gasteiger partial charge in [-0.05, 0) is 99.8 Å². The number of halogens is 2. The molecule has 4 aliphatic rings. The molecule has 2 saturated heterocycles. The van der Waals surface area contributed by atoms with Crippen molar-refractivity contribution in [2.75, 3.05) is 27.2 Å². The summed E-state index contributed by atoms with van der Waals surface area (Å²) in [5.74, 6) is 0.0863. The van der Waals surface area contributed by atoms with E-state index < -0.39 is 11.6 Å². The number of likely N-dealkylation sites (N-methyl/N-ethyl adjacent to an activating group) is 1. The number of likely N-dealkylation sites (tertiary alicyclic amines) is 2. The van der Waals surface area contributed by atoms with Crippen molar-refractivity contribution in [1.82, 2.24) is 19.6 Å². The number of benzene rings is 2. The molecule has 6 rings (SSSR count). The predicted octanol–water partition coefficient (Wildman–Crippen LogP) is 7.17. The minimum Gasteiger partial charge on any atom is -0.339 e. The Morgan fingerprint density at radius 1 is 1.02 bits per heavy atom. The van der Waals surface area contributed by atoms with Gasteiger partial charge in [0.2, 0.25) is 5.91 Å². The molecule has 0 saturated carbocycles. The van der Waals surface area contributed by atoms with Crippen LogP contribution in [0, 0.1) is 5.92 Å². The molecule has 2 aromatic carbocycles. The number of aliphatic imine (C=N–C) groups is 1. The summed E-state index contributed by atoms with van der Waals surface area (Å²) < 4.78 is 0. The molecule has 240 valence electrons. The van der Waals surface area contributed by atoms with Crippen molar-refractivity contribution in [3.63, 3.8) is 0 Å². The molecule has 0 N–H and O–H groups in total. The summed E-state index contributed by atoms with van der Waals surface area (Å²) in [6.45, 7) is 10.00. The molecule has 2 fully saturated rings. The first-order valence-electron chi connectivity index (χ1n) is 16.0. The van der Waals surface area contributed by atoms with E-state index >= 15 is 0 Å². The van der Waals surface area contributed by atoms with Gasteiger partial charge in [0.25, 0.3) is 5.91 Å². The van der Waals surface area contributed by atoms with Gasteiger partial charge in [0.05, 0.1) is 6.04 Å². The Bertz CT molecular complexity index is 1530.